The van der Waals surface area contributed by atoms with E-state index in [1.807, 2.05) is 0 Å². The van der Waals surface area contributed by atoms with Crippen molar-refractivity contribution in [2.45, 2.75) is 30.4 Å². The van der Waals surface area contributed by atoms with E-state index >= 15 is 0 Å². The maximum atomic E-state index is 10.7. The Morgan fingerprint density at radius 1 is 1.36 bits per heavy atom. The van der Waals surface area contributed by atoms with Gasteiger partial charge in [-0.05, 0) is 25.7 Å². The van der Waals surface area contributed by atoms with E-state index in [1.54, 1.807) is 0 Å². The van der Waals surface area contributed by atoms with Crippen molar-refractivity contribution in [2.24, 2.45) is 0 Å². The molecule has 0 aromatic carbocycles. The van der Waals surface area contributed by atoms with Gasteiger partial charge in [-0.3, -0.25) is 4.55 Å². The zero-order valence-corrected chi connectivity index (χ0v) is 6.97. The molecule has 0 heterocycles. The van der Waals surface area contributed by atoms with Crippen molar-refractivity contribution in [2.75, 3.05) is 6.61 Å². The molecule has 5 heteroatoms. The van der Waals surface area contributed by atoms with E-state index < -0.39 is 14.9 Å². The summed E-state index contributed by atoms with van der Waals surface area (Å²) >= 11 is 0. The fourth-order valence-corrected chi connectivity index (χ4v) is 2.20. The Morgan fingerprint density at radius 2 is 1.91 bits per heavy atom. The lowest BCUT2D eigenvalue weighted by Gasteiger charge is -2.08. The van der Waals surface area contributed by atoms with Crippen LogP contribution in [0.4, 0.5) is 0 Å². The Balaban J connectivity index is 2.55. The molecule has 0 spiro atoms. The average Bonchev–Trinajstić information content (AvgIpc) is 2.61. The summed E-state index contributed by atoms with van der Waals surface area (Å²) in [5.74, 6) is 0. The maximum absolute atomic E-state index is 10.7. The Kier molecular flexibility index (Phi) is 2.22. The Labute approximate surface area is 66.0 Å². The van der Waals surface area contributed by atoms with Gasteiger partial charge >= 0.3 is 0 Å². The second-order valence-electron chi connectivity index (χ2n) is 2.99. The van der Waals surface area contributed by atoms with Crippen molar-refractivity contribution in [3.05, 3.63) is 0 Å². The third kappa shape index (κ3) is 1.72. The highest BCUT2D eigenvalue weighted by atomic mass is 32.2. The van der Waals surface area contributed by atoms with Gasteiger partial charge in [-0.15, -0.1) is 0 Å². The van der Waals surface area contributed by atoms with E-state index in [4.69, 9.17) is 9.66 Å². The second kappa shape index (κ2) is 2.73. The van der Waals surface area contributed by atoms with E-state index in [0.717, 1.165) is 0 Å². The van der Waals surface area contributed by atoms with Gasteiger partial charge in [-0.1, -0.05) is 0 Å². The molecule has 2 N–H and O–H groups in total. The maximum Gasteiger partial charge on any atom is 0.270 e. The topological polar surface area (TPSA) is 74.6 Å². The zero-order chi connectivity index (χ0) is 8.54. The summed E-state index contributed by atoms with van der Waals surface area (Å²) in [4.78, 5) is 0. The predicted molar refractivity (Wildman–Crippen MR) is 39.8 cm³/mol. The Morgan fingerprint density at radius 3 is 2.18 bits per heavy atom. The summed E-state index contributed by atoms with van der Waals surface area (Å²) in [6.07, 6.45) is 1.89. The first kappa shape index (κ1) is 8.96. The van der Waals surface area contributed by atoms with Gasteiger partial charge in [0.25, 0.3) is 10.1 Å². The fraction of sp³-hybridized carbons (Fsp3) is 1.00. The van der Waals surface area contributed by atoms with Gasteiger partial charge in [-0.2, -0.15) is 8.42 Å². The highest BCUT2D eigenvalue weighted by Crippen LogP contribution is 2.46. The summed E-state index contributed by atoms with van der Waals surface area (Å²) in [5, 5.41) is 8.45. The number of hydrogen-bond acceptors (Lipinski definition) is 3. The van der Waals surface area contributed by atoms with E-state index in [9.17, 15) is 8.42 Å². The van der Waals surface area contributed by atoms with Crippen molar-refractivity contribution < 1.29 is 18.1 Å². The normalized spacial score (nSPS) is 21.6. The molecule has 66 valence electrons. The molecule has 1 rings (SSSR count). The van der Waals surface area contributed by atoms with Crippen LogP contribution in [0.3, 0.4) is 0 Å². The SMILES string of the molecule is O=S(=O)(O)C1(CCCO)CC1. The summed E-state index contributed by atoms with van der Waals surface area (Å²) in [6, 6.07) is 0. The summed E-state index contributed by atoms with van der Waals surface area (Å²) < 4.78 is 29.2. The van der Waals surface area contributed by atoms with Gasteiger partial charge in [0.1, 0.15) is 0 Å². The molecule has 0 aliphatic heterocycles. The number of hydrogen-bond donors (Lipinski definition) is 2. The Bertz CT molecular complexity index is 227. The molecule has 0 atom stereocenters. The molecule has 0 unspecified atom stereocenters. The van der Waals surface area contributed by atoms with Crippen molar-refractivity contribution >= 4 is 10.1 Å². The highest BCUT2D eigenvalue weighted by Gasteiger charge is 2.53. The Hall–Kier alpha value is -0.130. The molecule has 0 bridgehead atoms. The van der Waals surface area contributed by atoms with Crippen LogP contribution in [0.15, 0.2) is 0 Å². The van der Waals surface area contributed by atoms with Gasteiger partial charge in [0, 0.05) is 6.61 Å². The second-order valence-corrected chi connectivity index (χ2v) is 4.80. The van der Waals surface area contributed by atoms with Crippen molar-refractivity contribution in [1.29, 1.82) is 0 Å². The van der Waals surface area contributed by atoms with Crippen LogP contribution in [0.5, 0.6) is 0 Å². The molecule has 1 fully saturated rings. The lowest BCUT2D eigenvalue weighted by molar-refractivity contribution is 0.281. The fourth-order valence-electron chi connectivity index (χ4n) is 1.18. The first-order valence-electron chi connectivity index (χ1n) is 3.60. The zero-order valence-electron chi connectivity index (χ0n) is 6.15. The number of rotatable bonds is 4. The van der Waals surface area contributed by atoms with Crippen LogP contribution < -0.4 is 0 Å². The lowest BCUT2D eigenvalue weighted by Crippen LogP contribution is -2.22. The van der Waals surface area contributed by atoms with Gasteiger partial charge < -0.3 is 5.11 Å². The summed E-state index contributed by atoms with van der Waals surface area (Å²) in [6.45, 7) is -0.0166. The van der Waals surface area contributed by atoms with Gasteiger partial charge in [0.2, 0.25) is 0 Å². The molecular weight excluding hydrogens is 168 g/mol. The summed E-state index contributed by atoms with van der Waals surface area (Å²) in [7, 11) is -3.87. The van der Waals surface area contributed by atoms with Gasteiger partial charge in [0.15, 0.2) is 0 Å². The third-order valence-corrected chi connectivity index (χ3v) is 3.85. The van der Waals surface area contributed by atoms with Crippen LogP contribution in [-0.4, -0.2) is 29.4 Å². The van der Waals surface area contributed by atoms with Crippen LogP contribution in [0.1, 0.15) is 25.7 Å². The molecule has 11 heavy (non-hydrogen) atoms. The van der Waals surface area contributed by atoms with E-state index in [1.165, 1.54) is 0 Å². The molecule has 0 aromatic heterocycles. The van der Waals surface area contributed by atoms with Gasteiger partial charge in [0.05, 0.1) is 4.75 Å². The van der Waals surface area contributed by atoms with Crippen LogP contribution in [0, 0.1) is 0 Å². The van der Waals surface area contributed by atoms with Crippen molar-refractivity contribution in [1.82, 2.24) is 0 Å². The lowest BCUT2D eigenvalue weighted by atomic mass is 10.2. The van der Waals surface area contributed by atoms with Gasteiger partial charge in [-0.25, -0.2) is 0 Å². The predicted octanol–water partition coefficient (Wildman–Crippen LogP) is 0.179. The first-order valence-corrected chi connectivity index (χ1v) is 5.04. The highest BCUT2D eigenvalue weighted by molar-refractivity contribution is 7.87. The average molecular weight is 180 g/mol. The smallest absolute Gasteiger partial charge is 0.270 e. The summed E-state index contributed by atoms with van der Waals surface area (Å²) in [5.41, 5.74) is 0. The molecule has 0 aromatic rings. The molecule has 0 amide bonds. The van der Waals surface area contributed by atoms with Crippen LogP contribution in [0.25, 0.3) is 0 Å². The van der Waals surface area contributed by atoms with Crippen LogP contribution in [0.2, 0.25) is 0 Å². The van der Waals surface area contributed by atoms with Crippen LogP contribution in [-0.2, 0) is 10.1 Å². The van der Waals surface area contributed by atoms with E-state index in [-0.39, 0.29) is 6.61 Å². The molecule has 4 nitrogen and oxygen atoms in total. The molecular formula is C6H12O4S. The van der Waals surface area contributed by atoms with Crippen LogP contribution >= 0.6 is 0 Å². The van der Waals surface area contributed by atoms with Crippen molar-refractivity contribution in [3.63, 3.8) is 0 Å². The molecule has 1 aliphatic carbocycles. The van der Waals surface area contributed by atoms with E-state index in [0.29, 0.717) is 25.7 Å². The molecule has 0 saturated heterocycles. The van der Waals surface area contributed by atoms with E-state index in [2.05, 4.69) is 0 Å². The number of aliphatic hydroxyl groups is 1. The molecule has 1 aliphatic rings. The molecule has 1 saturated carbocycles. The quantitative estimate of drug-likeness (QED) is 0.605. The monoisotopic (exact) mass is 180 g/mol. The minimum absolute atomic E-state index is 0.0166. The minimum atomic E-state index is -3.87. The standard InChI is InChI=1S/C6H12O4S/c7-5-1-2-6(3-4-6)11(8,9)10/h7H,1-5H2,(H,8,9,10). The minimum Gasteiger partial charge on any atom is -0.396 e. The number of aliphatic hydroxyl groups excluding tert-OH is 1. The largest absolute Gasteiger partial charge is 0.396 e. The third-order valence-electron chi connectivity index (χ3n) is 2.15. The molecule has 0 radical (unpaired) electrons. The van der Waals surface area contributed by atoms with Crippen molar-refractivity contribution in [3.8, 4) is 0 Å². The first-order chi connectivity index (χ1) is 5.02.